The number of nitrogens with zero attached hydrogens (tertiary/aromatic N) is 1. The van der Waals surface area contributed by atoms with Crippen molar-refractivity contribution in [1.82, 2.24) is 4.90 Å². The first kappa shape index (κ1) is 31.3. The van der Waals surface area contributed by atoms with Crippen LogP contribution in [0, 0.1) is 22.7 Å². The van der Waals surface area contributed by atoms with Crippen LogP contribution < -0.4 is 9.47 Å². The quantitative estimate of drug-likeness (QED) is 0.296. The Morgan fingerprint density at radius 3 is 2.46 bits per heavy atom. The number of hydrogen-bond donors (Lipinski definition) is 5. The zero-order valence-corrected chi connectivity index (χ0v) is 27.4. The molecule has 5 aliphatic carbocycles. The van der Waals surface area contributed by atoms with Crippen LogP contribution in [0.3, 0.4) is 0 Å². The van der Waals surface area contributed by atoms with E-state index < -0.39 is 59.4 Å². The number of hydrogen-bond acceptors (Lipinski definition) is 10. The molecule has 2 unspecified atom stereocenters. The highest BCUT2D eigenvalue weighted by Crippen LogP contribution is 2.78. The van der Waals surface area contributed by atoms with E-state index in [1.165, 1.54) is 18.4 Å². The molecule has 11 nitrogen and oxygen atoms in total. The monoisotopic (exact) mass is 643 g/mol. The number of carbonyl (C=O) groups is 1. The molecule has 2 spiro atoms. The Bertz CT molecular complexity index is 1440. The van der Waals surface area contributed by atoms with E-state index >= 15 is 0 Å². The van der Waals surface area contributed by atoms with Crippen molar-refractivity contribution in [3.63, 3.8) is 0 Å². The summed E-state index contributed by atoms with van der Waals surface area (Å²) < 4.78 is 25.5. The van der Waals surface area contributed by atoms with Crippen LogP contribution in [0.5, 0.6) is 11.5 Å². The molecule has 0 aromatic heterocycles. The first-order valence-electron chi connectivity index (χ1n) is 17.1. The van der Waals surface area contributed by atoms with Crippen molar-refractivity contribution in [1.29, 1.82) is 0 Å². The van der Waals surface area contributed by atoms with Crippen LogP contribution in [-0.2, 0) is 26.1 Å². The zero-order valence-electron chi connectivity index (χ0n) is 27.4. The van der Waals surface area contributed by atoms with Crippen molar-refractivity contribution in [2.75, 3.05) is 20.2 Å². The lowest BCUT2D eigenvalue weighted by Crippen LogP contribution is -2.83. The molecule has 0 amide bonds. The molecule has 46 heavy (non-hydrogen) atoms. The summed E-state index contributed by atoms with van der Waals surface area (Å²) in [7, 11) is 1.75. The molecule has 5 N–H and O–H groups in total. The second-order valence-corrected chi connectivity index (χ2v) is 16.6. The number of aliphatic carboxylic acids is 1. The van der Waals surface area contributed by atoms with E-state index in [0.717, 1.165) is 56.7 Å². The van der Waals surface area contributed by atoms with Gasteiger partial charge < -0.3 is 44.5 Å². The van der Waals surface area contributed by atoms with Crippen LogP contribution in [0.25, 0.3) is 0 Å². The fourth-order valence-corrected chi connectivity index (χ4v) is 10.9. The molecule has 0 radical (unpaired) electrons. The van der Waals surface area contributed by atoms with Gasteiger partial charge in [0.1, 0.15) is 30.0 Å². The maximum atomic E-state index is 12.4. The summed E-state index contributed by atoms with van der Waals surface area (Å²) in [6, 6.07) is 4.14. The number of rotatable bonds is 7. The van der Waals surface area contributed by atoms with E-state index in [4.69, 9.17) is 18.9 Å². The Hall–Kier alpha value is -1.99. The summed E-state index contributed by atoms with van der Waals surface area (Å²) in [6.07, 6.45) is -2.16. The van der Waals surface area contributed by atoms with Crippen LogP contribution in [0.15, 0.2) is 12.1 Å². The van der Waals surface area contributed by atoms with Crippen LogP contribution in [0.2, 0.25) is 0 Å². The number of fused-ring (bicyclic) bond motifs is 2. The highest BCUT2D eigenvalue weighted by atomic mass is 16.7. The van der Waals surface area contributed by atoms with Gasteiger partial charge in [-0.25, -0.2) is 4.79 Å². The maximum absolute atomic E-state index is 12.4. The van der Waals surface area contributed by atoms with Gasteiger partial charge in [-0.2, -0.15) is 0 Å². The molecule has 2 saturated heterocycles. The first-order valence-corrected chi connectivity index (χ1v) is 17.1. The van der Waals surface area contributed by atoms with E-state index in [9.17, 15) is 30.3 Å². The van der Waals surface area contributed by atoms with Crippen molar-refractivity contribution in [2.45, 2.75) is 132 Å². The smallest absolute Gasteiger partial charge is 0.335 e. The summed E-state index contributed by atoms with van der Waals surface area (Å²) in [5, 5.41) is 53.6. The van der Waals surface area contributed by atoms with Crippen LogP contribution in [0.1, 0.15) is 77.3 Å². The molecular weight excluding hydrogens is 594 g/mol. The van der Waals surface area contributed by atoms with Crippen LogP contribution in [0.4, 0.5) is 0 Å². The zero-order chi connectivity index (χ0) is 32.8. The third kappa shape index (κ3) is 3.76. The third-order valence-corrected chi connectivity index (χ3v) is 13.9. The van der Waals surface area contributed by atoms with Gasteiger partial charge in [-0.1, -0.05) is 26.8 Å². The van der Waals surface area contributed by atoms with Gasteiger partial charge in [-0.15, -0.1) is 0 Å². The second kappa shape index (κ2) is 9.80. The molecule has 9 rings (SSSR count). The Kier molecular flexibility index (Phi) is 6.67. The van der Waals surface area contributed by atoms with E-state index in [0.29, 0.717) is 11.8 Å². The van der Waals surface area contributed by atoms with Crippen molar-refractivity contribution in [2.24, 2.45) is 22.7 Å². The van der Waals surface area contributed by atoms with Crippen molar-refractivity contribution in [3.8, 4) is 11.5 Å². The summed E-state index contributed by atoms with van der Waals surface area (Å²) in [5.74, 6) is -0.0821. The number of methoxy groups -OCH3 is 1. The average Bonchev–Trinajstić information content (AvgIpc) is 3.75. The fraction of sp³-hybridized carbons (Fsp3) is 0.800. The first-order chi connectivity index (χ1) is 21.6. The predicted octanol–water partition coefficient (Wildman–Crippen LogP) is 1.98. The van der Waals surface area contributed by atoms with Gasteiger partial charge in [-0.05, 0) is 81.4 Å². The number of carboxylic acids is 1. The number of aliphatic hydroxyl groups excluding tert-OH is 3. The molecule has 11 heteroatoms. The molecule has 3 heterocycles. The average molecular weight is 644 g/mol. The number of carboxylic acid groups (broad SMARTS) is 1. The minimum atomic E-state index is -1.81. The summed E-state index contributed by atoms with van der Waals surface area (Å²) >= 11 is 0. The lowest BCUT2D eigenvalue weighted by molar-refractivity contribution is -0.312. The molecule has 4 saturated carbocycles. The third-order valence-electron chi connectivity index (χ3n) is 13.9. The van der Waals surface area contributed by atoms with Crippen molar-refractivity contribution < 1.29 is 49.3 Å². The highest BCUT2D eigenvalue weighted by Gasteiger charge is 2.82. The van der Waals surface area contributed by atoms with Crippen LogP contribution >= 0.6 is 0 Å². The topological polar surface area (TPSA) is 158 Å². The number of aliphatic hydroxyl groups is 4. The van der Waals surface area contributed by atoms with Gasteiger partial charge >= 0.3 is 5.97 Å². The molecule has 8 aliphatic rings. The maximum Gasteiger partial charge on any atom is 0.335 e. The molecular formula is C35H49NO10. The van der Waals surface area contributed by atoms with E-state index in [1.54, 1.807) is 13.2 Å². The minimum absolute atomic E-state index is 0.169. The number of likely N-dealkylation sites (tertiary alicyclic amines) is 1. The number of piperidine rings is 1. The summed E-state index contributed by atoms with van der Waals surface area (Å²) in [5.41, 5.74) is -0.512. The molecule has 1 aromatic rings. The molecule has 6 fully saturated rings. The molecule has 254 valence electrons. The lowest BCUT2D eigenvalue weighted by atomic mass is 9.33. The van der Waals surface area contributed by atoms with E-state index in [-0.39, 0.29) is 22.5 Å². The summed E-state index contributed by atoms with van der Waals surface area (Å²) in [6.45, 7) is 10.3. The standard InChI is InChI=1S/C35H49NO10/c1-31(2,3)32(4,42)20-15-33-10-11-35(20,43-5)30-34(33)12-13-36(16-17-6-7-17)21(33)14-18-8-9-19(26(46-30)22(18)34)44-29-25(39)23(37)24(38)27(45-29)28(40)41/h8-9,17,20-21,23-25,27,29-30,37-39,42H,6-7,10-16H2,1-5H3,(H,40,41)/t20-,21-,23-,24+,25-,27?,29-,30-,32?,33-,34+,35-/m1/s1. The number of benzene rings is 1. The molecule has 3 aliphatic heterocycles. The second-order valence-electron chi connectivity index (χ2n) is 16.6. The fourth-order valence-electron chi connectivity index (χ4n) is 10.9. The Morgan fingerprint density at radius 1 is 1.07 bits per heavy atom. The van der Waals surface area contributed by atoms with Crippen molar-refractivity contribution >= 4 is 5.97 Å². The Balaban J connectivity index is 1.27. The van der Waals surface area contributed by atoms with Gasteiger partial charge in [-0.3, -0.25) is 4.90 Å². The summed E-state index contributed by atoms with van der Waals surface area (Å²) in [4.78, 5) is 14.5. The predicted molar refractivity (Wildman–Crippen MR) is 163 cm³/mol. The molecule has 4 bridgehead atoms. The van der Waals surface area contributed by atoms with Gasteiger partial charge in [0.2, 0.25) is 6.29 Å². The van der Waals surface area contributed by atoms with Gasteiger partial charge in [0.15, 0.2) is 17.6 Å². The highest BCUT2D eigenvalue weighted by molar-refractivity contribution is 5.73. The lowest BCUT2D eigenvalue weighted by Gasteiger charge is -2.75. The molecule has 1 aromatic carbocycles. The van der Waals surface area contributed by atoms with Crippen molar-refractivity contribution in [3.05, 3.63) is 23.3 Å². The Morgan fingerprint density at radius 2 is 1.80 bits per heavy atom. The van der Waals surface area contributed by atoms with Crippen LogP contribution in [-0.4, -0.2) is 111 Å². The van der Waals surface area contributed by atoms with Gasteiger partial charge in [0.25, 0.3) is 0 Å². The number of ether oxygens (including phenoxy) is 4. The minimum Gasteiger partial charge on any atom is -0.482 e. The molecule has 12 atom stereocenters. The normalized spacial score (nSPS) is 45.5. The largest absolute Gasteiger partial charge is 0.482 e. The SMILES string of the molecule is CO[C@]12CC[C@@]3(C[C@@H]1C(C)(O)C(C)(C)C)[C@H]1Cc4ccc(O[C@@H]5OC(C(=O)O)[C@@H](O)[C@@H](O)[C@H]5O)c5c4[C@@]3(CCN1CC1CC1)[C@H]2O5. The van der Waals surface area contributed by atoms with Gasteiger partial charge in [0.05, 0.1) is 5.60 Å². The van der Waals surface area contributed by atoms with E-state index in [1.807, 2.05) is 6.92 Å². The Labute approximate surface area is 269 Å². The van der Waals surface area contributed by atoms with Gasteiger partial charge in [0, 0.05) is 42.0 Å². The van der Waals surface area contributed by atoms with E-state index in [2.05, 4.69) is 31.7 Å².